The van der Waals surface area contributed by atoms with Gasteiger partial charge in [-0.25, -0.2) is 8.42 Å². The summed E-state index contributed by atoms with van der Waals surface area (Å²) in [4.78, 5) is 12.4. The van der Waals surface area contributed by atoms with Gasteiger partial charge in [-0.15, -0.1) is 0 Å². The van der Waals surface area contributed by atoms with Crippen LogP contribution in [0.2, 0.25) is 5.02 Å². The number of carbonyl (C=O) groups is 1. The summed E-state index contributed by atoms with van der Waals surface area (Å²) in [7, 11) is -3.54. The Morgan fingerprint density at radius 2 is 1.53 bits per heavy atom. The molecule has 2 aromatic rings. The zero-order valence-corrected chi connectivity index (χ0v) is 19.0. The lowest BCUT2D eigenvalue weighted by Crippen LogP contribution is -2.33. The van der Waals surface area contributed by atoms with Gasteiger partial charge in [0.05, 0.1) is 4.90 Å². The Labute approximate surface area is 184 Å². The van der Waals surface area contributed by atoms with Gasteiger partial charge in [-0.3, -0.25) is 4.79 Å². The van der Waals surface area contributed by atoms with Crippen molar-refractivity contribution in [2.75, 3.05) is 18.4 Å². The van der Waals surface area contributed by atoms with E-state index in [9.17, 15) is 13.2 Å². The third kappa shape index (κ3) is 7.27. The van der Waals surface area contributed by atoms with Crippen LogP contribution in [-0.4, -0.2) is 31.7 Å². The number of carbonyl (C=O) groups excluding carboxylic acids is 1. The van der Waals surface area contributed by atoms with Crippen LogP contribution >= 0.6 is 11.6 Å². The van der Waals surface area contributed by atoms with E-state index in [1.54, 1.807) is 46.8 Å². The number of hydrogen-bond acceptors (Lipinski definition) is 3. The van der Waals surface area contributed by atoms with E-state index in [-0.39, 0.29) is 10.8 Å². The van der Waals surface area contributed by atoms with Crippen LogP contribution in [0.3, 0.4) is 0 Å². The maximum absolute atomic E-state index is 13.0. The van der Waals surface area contributed by atoms with Crippen molar-refractivity contribution >= 4 is 39.3 Å². The summed E-state index contributed by atoms with van der Waals surface area (Å²) < 4.78 is 27.5. The quantitative estimate of drug-likeness (QED) is 0.456. The van der Waals surface area contributed by atoms with Crippen molar-refractivity contribution in [2.24, 2.45) is 0 Å². The number of nitrogens with one attached hydrogen (secondary N) is 1. The molecular formula is C23H29ClN2O3S. The first-order valence-electron chi connectivity index (χ1n) is 10.2. The smallest absolute Gasteiger partial charge is 0.248 e. The number of nitrogens with zero attached hydrogens (tertiary/aromatic N) is 1. The van der Waals surface area contributed by atoms with E-state index >= 15 is 0 Å². The highest BCUT2D eigenvalue weighted by molar-refractivity contribution is 7.89. The van der Waals surface area contributed by atoms with Gasteiger partial charge < -0.3 is 5.32 Å². The van der Waals surface area contributed by atoms with Gasteiger partial charge >= 0.3 is 0 Å². The van der Waals surface area contributed by atoms with Gasteiger partial charge in [0, 0.05) is 29.9 Å². The third-order valence-corrected chi connectivity index (χ3v) is 6.74. The first-order chi connectivity index (χ1) is 14.4. The molecule has 0 heterocycles. The number of unbranched alkanes of at least 4 members (excludes halogenated alkanes) is 2. The highest BCUT2D eigenvalue weighted by atomic mass is 35.5. The summed E-state index contributed by atoms with van der Waals surface area (Å²) in [6.45, 7) is 5.13. The maximum atomic E-state index is 13.0. The van der Waals surface area contributed by atoms with Crippen LogP contribution in [-0.2, 0) is 14.8 Å². The fraction of sp³-hybridized carbons (Fsp3) is 0.348. The van der Waals surface area contributed by atoms with Gasteiger partial charge in [0.25, 0.3) is 0 Å². The van der Waals surface area contributed by atoms with Gasteiger partial charge in [0.2, 0.25) is 15.9 Å². The molecule has 2 aromatic carbocycles. The average molecular weight is 449 g/mol. The van der Waals surface area contributed by atoms with E-state index < -0.39 is 10.0 Å². The zero-order chi connectivity index (χ0) is 22.0. The van der Waals surface area contributed by atoms with Crippen molar-refractivity contribution < 1.29 is 13.2 Å². The minimum Gasteiger partial charge on any atom is -0.323 e. The van der Waals surface area contributed by atoms with Crippen molar-refractivity contribution in [3.8, 4) is 0 Å². The second-order valence-electron chi connectivity index (χ2n) is 7.01. The Hall–Kier alpha value is -2.15. The minimum atomic E-state index is -3.54. The molecule has 0 radical (unpaired) electrons. The molecule has 0 aliphatic heterocycles. The molecule has 30 heavy (non-hydrogen) atoms. The molecule has 162 valence electrons. The Bertz CT molecular complexity index is 931. The molecule has 1 N–H and O–H groups in total. The van der Waals surface area contributed by atoms with Crippen molar-refractivity contribution in [3.05, 3.63) is 65.2 Å². The molecule has 0 bridgehead atoms. The first-order valence-corrected chi connectivity index (χ1v) is 12.0. The number of halogens is 1. The Morgan fingerprint density at radius 1 is 0.967 bits per heavy atom. The number of sulfonamides is 1. The van der Waals surface area contributed by atoms with E-state index in [0.717, 1.165) is 31.2 Å². The number of amides is 1. The van der Waals surface area contributed by atoms with Crippen molar-refractivity contribution in [1.29, 1.82) is 0 Å². The fourth-order valence-corrected chi connectivity index (χ4v) is 4.45. The molecular weight excluding hydrogens is 420 g/mol. The molecule has 5 nitrogen and oxygen atoms in total. The lowest BCUT2D eigenvalue weighted by atomic mass is 10.2. The predicted octanol–water partition coefficient (Wildman–Crippen LogP) is 5.58. The zero-order valence-electron chi connectivity index (χ0n) is 17.5. The van der Waals surface area contributed by atoms with E-state index in [1.165, 1.54) is 6.08 Å². The van der Waals surface area contributed by atoms with Gasteiger partial charge in [0.1, 0.15) is 0 Å². The number of rotatable bonds is 11. The third-order valence-electron chi connectivity index (χ3n) is 4.58. The molecule has 0 aliphatic rings. The molecule has 0 aliphatic carbocycles. The number of benzene rings is 2. The van der Waals surface area contributed by atoms with Crippen molar-refractivity contribution in [1.82, 2.24) is 4.31 Å². The minimum absolute atomic E-state index is 0.240. The molecule has 0 atom stereocenters. The molecule has 7 heteroatoms. The van der Waals surface area contributed by atoms with E-state index in [1.807, 2.05) is 26.0 Å². The normalized spacial score (nSPS) is 11.9. The number of hydrogen-bond donors (Lipinski definition) is 1. The summed E-state index contributed by atoms with van der Waals surface area (Å²) in [5.41, 5.74) is 1.39. The molecule has 0 aromatic heterocycles. The molecule has 0 fully saturated rings. The van der Waals surface area contributed by atoms with Crippen LogP contribution in [0.15, 0.2) is 59.5 Å². The molecule has 0 saturated carbocycles. The van der Waals surface area contributed by atoms with Gasteiger partial charge in [-0.2, -0.15) is 4.31 Å². The highest BCUT2D eigenvalue weighted by Gasteiger charge is 2.23. The van der Waals surface area contributed by atoms with Crippen LogP contribution in [0.25, 0.3) is 6.08 Å². The molecule has 2 rings (SSSR count). The molecule has 0 unspecified atom stereocenters. The van der Waals surface area contributed by atoms with Gasteiger partial charge in [-0.1, -0.05) is 50.4 Å². The van der Waals surface area contributed by atoms with Crippen molar-refractivity contribution in [2.45, 2.75) is 44.4 Å². The Kier molecular flexibility index (Phi) is 9.56. The Morgan fingerprint density at radius 3 is 2.07 bits per heavy atom. The topological polar surface area (TPSA) is 66.5 Å². The van der Waals surface area contributed by atoms with Crippen LogP contribution in [0.4, 0.5) is 5.69 Å². The molecule has 0 spiro atoms. The second-order valence-corrected chi connectivity index (χ2v) is 9.38. The lowest BCUT2D eigenvalue weighted by Gasteiger charge is -2.22. The van der Waals surface area contributed by atoms with Gasteiger partial charge in [0.15, 0.2) is 0 Å². The highest BCUT2D eigenvalue weighted by Crippen LogP contribution is 2.20. The summed E-state index contributed by atoms with van der Waals surface area (Å²) in [5, 5.41) is 3.37. The van der Waals surface area contributed by atoms with E-state index in [0.29, 0.717) is 23.8 Å². The fourth-order valence-electron chi connectivity index (χ4n) is 2.81. The predicted molar refractivity (Wildman–Crippen MR) is 124 cm³/mol. The average Bonchev–Trinajstić information content (AvgIpc) is 2.73. The summed E-state index contributed by atoms with van der Waals surface area (Å²) in [6.07, 6.45) is 6.64. The summed E-state index contributed by atoms with van der Waals surface area (Å²) in [6, 6.07) is 13.4. The van der Waals surface area contributed by atoms with Crippen LogP contribution in [0.5, 0.6) is 0 Å². The standard InChI is InChI=1S/C23H29ClN2O3S/c1-3-5-17-26(18-6-4-2)30(28,29)22-14-12-21(13-15-22)25-23(27)16-9-19-7-10-20(24)11-8-19/h7-16H,3-6,17-18H2,1-2H3,(H,25,27)/b16-9+. The SMILES string of the molecule is CCCCN(CCCC)S(=O)(=O)c1ccc(NC(=O)/C=C/c2ccc(Cl)cc2)cc1. The van der Waals surface area contributed by atoms with E-state index in [2.05, 4.69) is 5.32 Å². The molecule has 1 amide bonds. The monoisotopic (exact) mass is 448 g/mol. The van der Waals surface area contributed by atoms with Gasteiger partial charge in [-0.05, 0) is 60.9 Å². The molecule has 0 saturated heterocycles. The first kappa shape index (κ1) is 24.1. The van der Waals surface area contributed by atoms with Crippen LogP contribution in [0, 0.1) is 0 Å². The second kappa shape index (κ2) is 11.9. The maximum Gasteiger partial charge on any atom is 0.248 e. The van der Waals surface area contributed by atoms with E-state index in [4.69, 9.17) is 11.6 Å². The Balaban J connectivity index is 2.04. The van der Waals surface area contributed by atoms with Crippen molar-refractivity contribution in [3.63, 3.8) is 0 Å². The lowest BCUT2D eigenvalue weighted by molar-refractivity contribution is -0.111. The number of anilines is 1. The summed E-state index contributed by atoms with van der Waals surface area (Å²) in [5.74, 6) is -0.298. The van der Waals surface area contributed by atoms with Crippen LogP contribution in [0.1, 0.15) is 45.1 Å². The largest absolute Gasteiger partial charge is 0.323 e. The summed E-state index contributed by atoms with van der Waals surface area (Å²) >= 11 is 5.85. The van der Waals surface area contributed by atoms with Crippen LogP contribution < -0.4 is 5.32 Å².